The summed E-state index contributed by atoms with van der Waals surface area (Å²) in [4.78, 5) is 21.3. The molecule has 1 rings (SSSR count). The number of alkyl halides is 1. The minimum Gasteiger partial charge on any atom is -0.481 e. The molecule has 0 aliphatic rings. The highest BCUT2D eigenvalue weighted by atomic mass is 19.1. The lowest BCUT2D eigenvalue weighted by Crippen LogP contribution is -2.31. The fourth-order valence-corrected chi connectivity index (χ4v) is 1.23. The van der Waals surface area contributed by atoms with Crippen LogP contribution < -0.4 is 5.32 Å². The zero-order valence-corrected chi connectivity index (χ0v) is 9.64. The van der Waals surface area contributed by atoms with Crippen molar-refractivity contribution in [2.45, 2.75) is 19.2 Å². The highest BCUT2D eigenvalue weighted by Gasteiger charge is 2.13. The average molecular weight is 255 g/mol. The molecule has 1 aromatic rings. The van der Waals surface area contributed by atoms with Crippen LogP contribution in [0, 0.1) is 0 Å². The zero-order valence-electron chi connectivity index (χ0n) is 9.64. The van der Waals surface area contributed by atoms with Crippen molar-refractivity contribution in [1.82, 2.24) is 5.32 Å². The number of rotatable bonds is 6. The van der Waals surface area contributed by atoms with E-state index in [1.54, 1.807) is 24.3 Å². The van der Waals surface area contributed by atoms with Crippen LogP contribution in [0.5, 0.6) is 0 Å². The van der Waals surface area contributed by atoms with Crippen molar-refractivity contribution < 1.29 is 23.8 Å². The summed E-state index contributed by atoms with van der Waals surface area (Å²) >= 11 is 0. The van der Waals surface area contributed by atoms with E-state index in [-0.39, 0.29) is 13.2 Å². The number of amides is 1. The number of ether oxygens (including phenoxy) is 1. The summed E-state index contributed by atoms with van der Waals surface area (Å²) in [5.74, 6) is -1.25. The van der Waals surface area contributed by atoms with Gasteiger partial charge in [0.1, 0.15) is 12.8 Å². The van der Waals surface area contributed by atoms with Crippen molar-refractivity contribution in [3.8, 4) is 0 Å². The molecular formula is C12H14FNO4. The molecule has 0 saturated carbocycles. The van der Waals surface area contributed by atoms with Crippen LogP contribution in [0.3, 0.4) is 0 Å². The Bertz CT molecular complexity index is 396. The first-order chi connectivity index (χ1) is 8.58. The van der Waals surface area contributed by atoms with Crippen molar-refractivity contribution in [2.24, 2.45) is 0 Å². The Labute approximate surface area is 104 Å². The van der Waals surface area contributed by atoms with Gasteiger partial charge in [-0.05, 0) is 5.56 Å². The Hall–Kier alpha value is -2.11. The molecule has 18 heavy (non-hydrogen) atoms. The van der Waals surface area contributed by atoms with Gasteiger partial charge in [0.2, 0.25) is 0 Å². The molecule has 0 fully saturated rings. The van der Waals surface area contributed by atoms with E-state index in [4.69, 9.17) is 9.84 Å². The Balaban J connectivity index is 2.20. The molecule has 0 saturated heterocycles. The number of carbonyl (C=O) groups is 2. The van der Waals surface area contributed by atoms with Crippen molar-refractivity contribution in [1.29, 1.82) is 0 Å². The number of nitrogens with one attached hydrogen (secondary N) is 1. The Kier molecular flexibility index (Phi) is 5.63. The summed E-state index contributed by atoms with van der Waals surface area (Å²) < 4.78 is 17.7. The van der Waals surface area contributed by atoms with E-state index in [1.165, 1.54) is 0 Å². The number of benzene rings is 1. The van der Waals surface area contributed by atoms with Crippen LogP contribution in [0.2, 0.25) is 0 Å². The first-order valence-electron chi connectivity index (χ1n) is 5.38. The summed E-state index contributed by atoms with van der Waals surface area (Å²) in [6, 6.07) is 9.02. The Morgan fingerprint density at radius 2 is 2.00 bits per heavy atom. The van der Waals surface area contributed by atoms with Crippen LogP contribution in [0.4, 0.5) is 9.18 Å². The van der Waals surface area contributed by atoms with Crippen LogP contribution >= 0.6 is 0 Å². The smallest absolute Gasteiger partial charge is 0.407 e. The molecule has 6 heteroatoms. The number of carboxylic acids is 1. The monoisotopic (exact) mass is 255 g/mol. The molecule has 0 spiro atoms. The van der Waals surface area contributed by atoms with Gasteiger partial charge in [-0.15, -0.1) is 0 Å². The molecule has 1 atom stereocenters. The largest absolute Gasteiger partial charge is 0.481 e. The van der Waals surface area contributed by atoms with Crippen molar-refractivity contribution in [2.75, 3.05) is 6.54 Å². The number of carboxylic acid groups (broad SMARTS) is 1. The van der Waals surface area contributed by atoms with Gasteiger partial charge in [0.15, 0.2) is 0 Å². The Morgan fingerprint density at radius 3 is 2.61 bits per heavy atom. The predicted molar refractivity (Wildman–Crippen MR) is 61.8 cm³/mol. The molecule has 5 nitrogen and oxygen atoms in total. The predicted octanol–water partition coefficient (Wildman–Crippen LogP) is 1.73. The third-order valence-corrected chi connectivity index (χ3v) is 2.08. The third-order valence-electron chi connectivity index (χ3n) is 2.08. The van der Waals surface area contributed by atoms with Crippen LogP contribution in [-0.4, -0.2) is 29.9 Å². The maximum absolute atomic E-state index is 12.9. The zero-order chi connectivity index (χ0) is 13.4. The summed E-state index contributed by atoms with van der Waals surface area (Å²) in [5, 5.41) is 10.5. The molecule has 1 amide bonds. The fraction of sp³-hybridized carbons (Fsp3) is 0.333. The van der Waals surface area contributed by atoms with E-state index >= 15 is 0 Å². The molecule has 98 valence electrons. The summed E-state index contributed by atoms with van der Waals surface area (Å²) in [5.41, 5.74) is 0.815. The van der Waals surface area contributed by atoms with Crippen molar-refractivity contribution in [3.63, 3.8) is 0 Å². The number of halogens is 1. The van der Waals surface area contributed by atoms with Gasteiger partial charge in [0.05, 0.1) is 13.0 Å². The normalized spacial score (nSPS) is 11.6. The highest BCUT2D eigenvalue weighted by molar-refractivity contribution is 5.68. The van der Waals surface area contributed by atoms with Gasteiger partial charge in [-0.3, -0.25) is 4.79 Å². The summed E-state index contributed by atoms with van der Waals surface area (Å²) in [7, 11) is 0. The molecule has 0 aliphatic carbocycles. The topological polar surface area (TPSA) is 75.6 Å². The van der Waals surface area contributed by atoms with E-state index in [2.05, 4.69) is 5.32 Å². The minimum absolute atomic E-state index is 0.0859. The van der Waals surface area contributed by atoms with Crippen LogP contribution in [-0.2, 0) is 16.1 Å². The van der Waals surface area contributed by atoms with Crippen molar-refractivity contribution in [3.05, 3.63) is 35.9 Å². The number of aliphatic carboxylic acids is 1. The van der Waals surface area contributed by atoms with Gasteiger partial charge in [0.25, 0.3) is 0 Å². The molecular weight excluding hydrogens is 241 g/mol. The SMILES string of the molecule is O=C(O)CC(F)CNC(=O)OCc1ccccc1. The first-order valence-corrected chi connectivity index (χ1v) is 5.38. The van der Waals surface area contributed by atoms with Gasteiger partial charge in [0, 0.05) is 0 Å². The van der Waals surface area contributed by atoms with Crippen molar-refractivity contribution >= 4 is 12.1 Å². The second-order valence-electron chi connectivity index (χ2n) is 3.64. The van der Waals surface area contributed by atoms with Gasteiger partial charge in [-0.1, -0.05) is 30.3 Å². The van der Waals surface area contributed by atoms with E-state index in [1.807, 2.05) is 6.07 Å². The highest BCUT2D eigenvalue weighted by Crippen LogP contribution is 2.01. The average Bonchev–Trinajstić information content (AvgIpc) is 2.34. The van der Waals surface area contributed by atoms with Gasteiger partial charge in [-0.2, -0.15) is 0 Å². The van der Waals surface area contributed by atoms with Crippen LogP contribution in [0.25, 0.3) is 0 Å². The van der Waals surface area contributed by atoms with E-state index < -0.39 is 24.7 Å². The first kappa shape index (κ1) is 14.0. The number of hydrogen-bond donors (Lipinski definition) is 2. The molecule has 0 bridgehead atoms. The lowest BCUT2D eigenvalue weighted by molar-refractivity contribution is -0.138. The van der Waals surface area contributed by atoms with E-state index in [0.29, 0.717) is 0 Å². The maximum atomic E-state index is 12.9. The number of carbonyl (C=O) groups excluding carboxylic acids is 1. The molecule has 0 aliphatic heterocycles. The standard InChI is InChI=1S/C12H14FNO4/c13-10(6-11(15)16)7-14-12(17)18-8-9-4-2-1-3-5-9/h1-5,10H,6-8H2,(H,14,17)(H,15,16). The lowest BCUT2D eigenvalue weighted by Gasteiger charge is -2.08. The summed E-state index contributed by atoms with van der Waals surface area (Å²) in [6.07, 6.45) is -3.03. The van der Waals surface area contributed by atoms with Gasteiger partial charge < -0.3 is 15.2 Å². The molecule has 0 aromatic heterocycles. The summed E-state index contributed by atoms with van der Waals surface area (Å²) in [6.45, 7) is -0.289. The van der Waals surface area contributed by atoms with E-state index in [0.717, 1.165) is 5.56 Å². The lowest BCUT2D eigenvalue weighted by atomic mass is 10.2. The molecule has 0 heterocycles. The fourth-order valence-electron chi connectivity index (χ4n) is 1.23. The molecule has 1 unspecified atom stereocenters. The molecule has 2 N–H and O–H groups in total. The van der Waals surface area contributed by atoms with Gasteiger partial charge in [-0.25, -0.2) is 9.18 Å². The second kappa shape index (κ2) is 7.26. The third kappa shape index (κ3) is 5.83. The Morgan fingerprint density at radius 1 is 1.33 bits per heavy atom. The number of alkyl carbamates (subject to hydrolysis) is 1. The van der Waals surface area contributed by atoms with E-state index in [9.17, 15) is 14.0 Å². The maximum Gasteiger partial charge on any atom is 0.407 e. The second-order valence-corrected chi connectivity index (χ2v) is 3.64. The molecule has 0 radical (unpaired) electrons. The molecule has 1 aromatic carbocycles. The van der Waals surface area contributed by atoms with Crippen LogP contribution in [0.15, 0.2) is 30.3 Å². The quantitative estimate of drug-likeness (QED) is 0.811. The van der Waals surface area contributed by atoms with Gasteiger partial charge >= 0.3 is 12.1 Å². The minimum atomic E-state index is -1.62. The van der Waals surface area contributed by atoms with Crippen LogP contribution in [0.1, 0.15) is 12.0 Å². The number of hydrogen-bond acceptors (Lipinski definition) is 3.